The quantitative estimate of drug-likeness (QED) is 0.826. The first-order valence-corrected chi connectivity index (χ1v) is 4.95. The van der Waals surface area contributed by atoms with Crippen LogP contribution in [0.1, 0.15) is 5.56 Å². The van der Waals surface area contributed by atoms with Gasteiger partial charge in [-0.15, -0.1) is 0 Å². The Morgan fingerprint density at radius 3 is 2.69 bits per heavy atom. The number of rotatable bonds is 3. The Bertz CT molecular complexity index is 271. The predicted octanol–water partition coefficient (Wildman–Crippen LogP) is 1.33. The van der Waals surface area contributed by atoms with Crippen LogP contribution in [-0.2, 0) is 6.42 Å². The highest BCUT2D eigenvalue weighted by atomic mass is 127. The molecule has 2 N–H and O–H groups in total. The zero-order chi connectivity index (χ0) is 9.84. The summed E-state index contributed by atoms with van der Waals surface area (Å²) in [5, 5.41) is 17.7. The Morgan fingerprint density at radius 1 is 1.46 bits per heavy atom. The fourth-order valence-electron chi connectivity index (χ4n) is 1.03. The van der Waals surface area contributed by atoms with Crippen LogP contribution in [0, 0.1) is 9.39 Å². The van der Waals surface area contributed by atoms with E-state index in [1.54, 1.807) is 12.1 Å². The Balaban J connectivity index is 2.87. The van der Waals surface area contributed by atoms with E-state index in [2.05, 4.69) is 0 Å². The highest BCUT2D eigenvalue weighted by Gasteiger charge is 2.10. The molecule has 0 spiro atoms. The first-order chi connectivity index (χ1) is 6.15. The molecule has 0 aliphatic rings. The lowest BCUT2D eigenvalue weighted by Gasteiger charge is -2.09. The van der Waals surface area contributed by atoms with E-state index in [-0.39, 0.29) is 18.8 Å². The summed E-state index contributed by atoms with van der Waals surface area (Å²) in [5.41, 5.74) is 0.463. The van der Waals surface area contributed by atoms with E-state index < -0.39 is 6.10 Å². The number of halogens is 2. The van der Waals surface area contributed by atoms with Crippen LogP contribution in [0.5, 0.6) is 0 Å². The van der Waals surface area contributed by atoms with Gasteiger partial charge in [-0.05, 0) is 34.7 Å². The van der Waals surface area contributed by atoms with Gasteiger partial charge in [0, 0.05) is 15.6 Å². The van der Waals surface area contributed by atoms with Crippen molar-refractivity contribution < 1.29 is 14.6 Å². The average molecular weight is 296 g/mol. The van der Waals surface area contributed by atoms with Crippen molar-refractivity contribution in [2.24, 2.45) is 0 Å². The minimum Gasteiger partial charge on any atom is -0.394 e. The Morgan fingerprint density at radius 2 is 2.15 bits per heavy atom. The minimum absolute atomic E-state index is 0.154. The number of aliphatic hydroxyl groups is 2. The maximum Gasteiger partial charge on any atom is 0.127 e. The predicted molar refractivity (Wildman–Crippen MR) is 55.9 cm³/mol. The maximum absolute atomic E-state index is 13.1. The van der Waals surface area contributed by atoms with E-state index in [9.17, 15) is 4.39 Å². The third-order valence-corrected chi connectivity index (χ3v) is 2.72. The Hall–Kier alpha value is -0.200. The molecule has 0 fully saturated rings. The van der Waals surface area contributed by atoms with Crippen LogP contribution in [0.25, 0.3) is 0 Å². The van der Waals surface area contributed by atoms with Crippen molar-refractivity contribution in [1.29, 1.82) is 0 Å². The van der Waals surface area contributed by atoms with Gasteiger partial charge in [0.15, 0.2) is 0 Å². The number of aliphatic hydroxyl groups excluding tert-OH is 2. The molecule has 1 aromatic carbocycles. The van der Waals surface area contributed by atoms with E-state index in [1.807, 2.05) is 22.6 Å². The molecule has 13 heavy (non-hydrogen) atoms. The SMILES string of the molecule is OC[C@@H](O)Cc1c(F)cccc1I. The maximum atomic E-state index is 13.1. The van der Waals surface area contributed by atoms with Crippen LogP contribution in [0.2, 0.25) is 0 Å². The van der Waals surface area contributed by atoms with Gasteiger partial charge in [-0.2, -0.15) is 0 Å². The molecule has 0 aromatic heterocycles. The van der Waals surface area contributed by atoms with Crippen molar-refractivity contribution in [3.63, 3.8) is 0 Å². The van der Waals surface area contributed by atoms with E-state index in [1.165, 1.54) is 6.07 Å². The topological polar surface area (TPSA) is 40.5 Å². The molecule has 2 nitrogen and oxygen atoms in total. The summed E-state index contributed by atoms with van der Waals surface area (Å²) in [7, 11) is 0. The highest BCUT2D eigenvalue weighted by molar-refractivity contribution is 14.1. The molecule has 4 heteroatoms. The second kappa shape index (κ2) is 4.88. The van der Waals surface area contributed by atoms with Crippen molar-refractivity contribution in [3.8, 4) is 0 Å². The monoisotopic (exact) mass is 296 g/mol. The lowest BCUT2D eigenvalue weighted by Crippen LogP contribution is -2.16. The molecule has 1 atom stereocenters. The second-order valence-electron chi connectivity index (χ2n) is 2.74. The molecule has 0 unspecified atom stereocenters. The molecule has 0 saturated carbocycles. The first-order valence-electron chi connectivity index (χ1n) is 3.87. The van der Waals surface area contributed by atoms with Crippen molar-refractivity contribution in [2.75, 3.05) is 6.61 Å². The molecule has 72 valence electrons. The molecule has 0 aliphatic heterocycles. The van der Waals surface area contributed by atoms with Crippen LogP contribution in [0.3, 0.4) is 0 Å². The molecule has 1 rings (SSSR count). The van der Waals surface area contributed by atoms with E-state index >= 15 is 0 Å². The van der Waals surface area contributed by atoms with Crippen LogP contribution in [-0.4, -0.2) is 22.9 Å². The van der Waals surface area contributed by atoms with Gasteiger partial charge in [0.25, 0.3) is 0 Å². The van der Waals surface area contributed by atoms with Crippen LogP contribution in [0.15, 0.2) is 18.2 Å². The van der Waals surface area contributed by atoms with E-state index in [4.69, 9.17) is 10.2 Å². The molecule has 0 bridgehead atoms. The summed E-state index contributed by atoms with van der Waals surface area (Å²) in [6.07, 6.45) is -0.730. The molecule has 0 amide bonds. The van der Waals surface area contributed by atoms with Gasteiger partial charge in [0.1, 0.15) is 5.82 Å². The van der Waals surface area contributed by atoms with E-state index in [0.29, 0.717) is 5.56 Å². The Kier molecular flexibility index (Phi) is 4.08. The van der Waals surface area contributed by atoms with Gasteiger partial charge in [-0.25, -0.2) is 4.39 Å². The molecule has 1 aromatic rings. The van der Waals surface area contributed by atoms with Crippen LogP contribution < -0.4 is 0 Å². The second-order valence-corrected chi connectivity index (χ2v) is 3.90. The zero-order valence-electron chi connectivity index (χ0n) is 6.87. The molecular weight excluding hydrogens is 286 g/mol. The smallest absolute Gasteiger partial charge is 0.127 e. The summed E-state index contributed by atoms with van der Waals surface area (Å²) >= 11 is 2.00. The minimum atomic E-state index is -0.884. The van der Waals surface area contributed by atoms with Crippen molar-refractivity contribution in [2.45, 2.75) is 12.5 Å². The Labute approximate surface area is 89.5 Å². The van der Waals surface area contributed by atoms with Gasteiger partial charge < -0.3 is 10.2 Å². The fourth-order valence-corrected chi connectivity index (χ4v) is 1.71. The van der Waals surface area contributed by atoms with Crippen molar-refractivity contribution >= 4 is 22.6 Å². The van der Waals surface area contributed by atoms with Gasteiger partial charge >= 0.3 is 0 Å². The average Bonchev–Trinajstić information content (AvgIpc) is 2.11. The van der Waals surface area contributed by atoms with Gasteiger partial charge in [0.05, 0.1) is 12.7 Å². The largest absolute Gasteiger partial charge is 0.394 e. The summed E-state index contributed by atoms with van der Waals surface area (Å²) in [6.45, 7) is -0.343. The lowest BCUT2D eigenvalue weighted by molar-refractivity contribution is 0.0946. The summed E-state index contributed by atoms with van der Waals surface area (Å²) < 4.78 is 13.9. The zero-order valence-corrected chi connectivity index (χ0v) is 9.03. The summed E-state index contributed by atoms with van der Waals surface area (Å²) in [6, 6.07) is 4.73. The number of hydrogen-bond acceptors (Lipinski definition) is 2. The van der Waals surface area contributed by atoms with Crippen molar-refractivity contribution in [1.82, 2.24) is 0 Å². The summed E-state index contributed by atoms with van der Waals surface area (Å²) in [4.78, 5) is 0. The first kappa shape index (κ1) is 10.9. The van der Waals surface area contributed by atoms with Gasteiger partial charge in [-0.3, -0.25) is 0 Å². The molecule has 0 saturated heterocycles. The summed E-state index contributed by atoms with van der Waals surface area (Å²) in [5.74, 6) is -0.334. The highest BCUT2D eigenvalue weighted by Crippen LogP contribution is 2.17. The molecular formula is C9H10FIO2. The number of hydrogen-bond donors (Lipinski definition) is 2. The third kappa shape index (κ3) is 2.89. The fraction of sp³-hybridized carbons (Fsp3) is 0.333. The van der Waals surface area contributed by atoms with E-state index in [0.717, 1.165) is 3.57 Å². The number of benzene rings is 1. The molecule has 0 heterocycles. The third-order valence-electron chi connectivity index (χ3n) is 1.71. The molecule has 0 radical (unpaired) electrons. The van der Waals surface area contributed by atoms with Crippen molar-refractivity contribution in [3.05, 3.63) is 33.1 Å². The standard InChI is InChI=1S/C9H10FIO2/c10-8-2-1-3-9(11)7(8)4-6(13)5-12/h1-3,6,12-13H,4-5H2/t6-/m0/s1. The van der Waals surface area contributed by atoms with Crippen LogP contribution in [0.4, 0.5) is 4.39 Å². The molecule has 0 aliphatic carbocycles. The van der Waals surface area contributed by atoms with Crippen LogP contribution >= 0.6 is 22.6 Å². The van der Waals surface area contributed by atoms with Gasteiger partial charge in [-0.1, -0.05) is 6.07 Å². The lowest BCUT2D eigenvalue weighted by atomic mass is 10.1. The van der Waals surface area contributed by atoms with Gasteiger partial charge in [0.2, 0.25) is 0 Å². The normalized spacial score (nSPS) is 12.9.